The molecule has 0 bridgehead atoms. The summed E-state index contributed by atoms with van der Waals surface area (Å²) in [5.41, 5.74) is 0. The zero-order valence-corrected chi connectivity index (χ0v) is 6.53. The van der Waals surface area contributed by atoms with Gasteiger partial charge in [-0.3, -0.25) is 10.2 Å². The van der Waals surface area contributed by atoms with E-state index in [1.54, 1.807) is 6.92 Å². The molecule has 58 valence electrons. The van der Waals surface area contributed by atoms with Crippen molar-refractivity contribution in [3.63, 3.8) is 0 Å². The normalized spacial score (nSPS) is 9.00. The van der Waals surface area contributed by atoms with Crippen LogP contribution < -0.4 is 5.32 Å². The van der Waals surface area contributed by atoms with Crippen LogP contribution in [0.5, 0.6) is 0 Å². The molecule has 0 aliphatic rings. The molecule has 0 heterocycles. The largest absolute Gasteiger partial charge is 0.368 e. The molecule has 0 saturated carbocycles. The highest BCUT2D eigenvalue weighted by Gasteiger charge is 2.03. The number of Topliss-reactive ketones (excluding diaryl/α,β-unsaturated/α-hetero) is 1. The Hall–Kier alpha value is -0.860. The van der Waals surface area contributed by atoms with Crippen molar-refractivity contribution in [2.75, 3.05) is 6.54 Å². The Kier molecular flexibility index (Phi) is 4.54. The summed E-state index contributed by atoms with van der Waals surface area (Å²) in [5.74, 6) is -0.0715. The zero-order chi connectivity index (χ0) is 7.98. The highest BCUT2D eigenvalue weighted by Crippen LogP contribution is 1.81. The summed E-state index contributed by atoms with van der Waals surface area (Å²) in [6.07, 6.45) is 1.36. The minimum Gasteiger partial charge on any atom is -0.368 e. The molecule has 2 N–H and O–H groups in total. The number of hydrogen-bond donors (Lipinski definition) is 2. The van der Waals surface area contributed by atoms with Gasteiger partial charge in [0.1, 0.15) is 0 Å². The average Bonchev–Trinajstić information content (AvgIpc) is 1.98. The molecule has 0 aromatic heterocycles. The van der Waals surface area contributed by atoms with Crippen LogP contribution in [0.4, 0.5) is 0 Å². The maximum Gasteiger partial charge on any atom is 0.196 e. The van der Waals surface area contributed by atoms with Gasteiger partial charge in [0.25, 0.3) is 0 Å². The molecule has 10 heavy (non-hydrogen) atoms. The van der Waals surface area contributed by atoms with Crippen molar-refractivity contribution in [1.29, 1.82) is 5.41 Å². The first-order valence-corrected chi connectivity index (χ1v) is 3.58. The number of nitrogens with one attached hydrogen (secondary N) is 2. The molecule has 0 unspecified atom stereocenters. The molecule has 0 radical (unpaired) electrons. The van der Waals surface area contributed by atoms with Crippen LogP contribution in [0.3, 0.4) is 0 Å². The quantitative estimate of drug-likeness (QED) is 0.453. The third-order valence-corrected chi connectivity index (χ3v) is 1.15. The van der Waals surface area contributed by atoms with Crippen LogP contribution in [-0.2, 0) is 4.79 Å². The van der Waals surface area contributed by atoms with E-state index in [4.69, 9.17) is 5.41 Å². The minimum atomic E-state index is -0.117. The van der Waals surface area contributed by atoms with E-state index < -0.39 is 0 Å². The van der Waals surface area contributed by atoms with Gasteiger partial charge in [-0.15, -0.1) is 0 Å². The van der Waals surface area contributed by atoms with E-state index in [1.807, 2.05) is 6.92 Å². The van der Waals surface area contributed by atoms with E-state index >= 15 is 0 Å². The molecule has 0 fully saturated rings. The first kappa shape index (κ1) is 9.14. The molecule has 0 aromatic carbocycles. The van der Waals surface area contributed by atoms with Gasteiger partial charge in [-0.1, -0.05) is 13.8 Å². The molecule has 0 amide bonds. The number of rotatable bonds is 4. The molecule has 0 atom stereocenters. The lowest BCUT2D eigenvalue weighted by Gasteiger charge is -2.02. The van der Waals surface area contributed by atoms with E-state index in [0.29, 0.717) is 13.0 Å². The lowest BCUT2D eigenvalue weighted by atomic mass is 10.3. The second-order valence-corrected chi connectivity index (χ2v) is 2.08. The minimum absolute atomic E-state index is 0.0457. The van der Waals surface area contributed by atoms with Gasteiger partial charge < -0.3 is 5.32 Å². The lowest BCUT2D eigenvalue weighted by Crippen LogP contribution is -2.30. The molecular weight excluding hydrogens is 128 g/mol. The van der Waals surface area contributed by atoms with Crippen LogP contribution in [0.15, 0.2) is 0 Å². The number of amidine groups is 1. The average molecular weight is 142 g/mol. The summed E-state index contributed by atoms with van der Waals surface area (Å²) in [5, 5.41) is 9.85. The van der Waals surface area contributed by atoms with Crippen molar-refractivity contribution in [2.45, 2.75) is 26.7 Å². The Labute approximate surface area is 61.3 Å². The number of carbonyl (C=O) groups excluding carboxylic acids is 1. The van der Waals surface area contributed by atoms with Gasteiger partial charge in [-0.05, 0) is 6.42 Å². The topological polar surface area (TPSA) is 53.0 Å². The fourth-order valence-corrected chi connectivity index (χ4v) is 0.525. The molecule has 0 aliphatic carbocycles. The SMILES string of the molecule is CCCNC(=N)C(=O)CC. The summed E-state index contributed by atoms with van der Waals surface area (Å²) in [6.45, 7) is 4.46. The van der Waals surface area contributed by atoms with Gasteiger partial charge in [0.2, 0.25) is 0 Å². The smallest absolute Gasteiger partial charge is 0.196 e. The van der Waals surface area contributed by atoms with Crippen molar-refractivity contribution in [1.82, 2.24) is 5.32 Å². The number of hydrogen-bond acceptors (Lipinski definition) is 2. The van der Waals surface area contributed by atoms with Crippen molar-refractivity contribution >= 4 is 11.6 Å². The van der Waals surface area contributed by atoms with Gasteiger partial charge in [0, 0.05) is 13.0 Å². The van der Waals surface area contributed by atoms with E-state index in [1.165, 1.54) is 0 Å². The molecule has 3 nitrogen and oxygen atoms in total. The molecule has 0 aromatic rings. The summed E-state index contributed by atoms with van der Waals surface area (Å²) < 4.78 is 0. The predicted molar refractivity (Wildman–Crippen MR) is 41.3 cm³/mol. The fourth-order valence-electron chi connectivity index (χ4n) is 0.525. The molecule has 3 heteroatoms. The molecule has 0 aliphatic heterocycles. The fraction of sp³-hybridized carbons (Fsp3) is 0.714. The molecule has 0 saturated heterocycles. The molecular formula is C7H14N2O. The van der Waals surface area contributed by atoms with E-state index in [9.17, 15) is 4.79 Å². The highest BCUT2D eigenvalue weighted by atomic mass is 16.1. The standard InChI is InChI=1S/C7H14N2O/c1-3-5-9-7(8)6(10)4-2/h3-5H2,1-2H3,(H2,8,9). The van der Waals surface area contributed by atoms with Crippen LogP contribution in [0.25, 0.3) is 0 Å². The van der Waals surface area contributed by atoms with Crippen molar-refractivity contribution in [3.8, 4) is 0 Å². The highest BCUT2D eigenvalue weighted by molar-refractivity contribution is 6.37. The predicted octanol–water partition coefficient (Wildman–Crippen LogP) is 0.942. The second kappa shape index (κ2) is 4.97. The van der Waals surface area contributed by atoms with Crippen molar-refractivity contribution in [2.24, 2.45) is 0 Å². The van der Waals surface area contributed by atoms with Gasteiger partial charge in [0.05, 0.1) is 0 Å². The van der Waals surface area contributed by atoms with Gasteiger partial charge in [-0.25, -0.2) is 0 Å². The maximum absolute atomic E-state index is 10.7. The zero-order valence-electron chi connectivity index (χ0n) is 6.53. The summed E-state index contributed by atoms with van der Waals surface area (Å²) in [4.78, 5) is 10.7. The van der Waals surface area contributed by atoms with Crippen LogP contribution >= 0.6 is 0 Å². The van der Waals surface area contributed by atoms with E-state index in [2.05, 4.69) is 5.32 Å². The van der Waals surface area contributed by atoms with Crippen LogP contribution in [0, 0.1) is 5.41 Å². The lowest BCUT2D eigenvalue weighted by molar-refractivity contribution is -0.112. The Morgan fingerprint density at radius 2 is 2.10 bits per heavy atom. The van der Waals surface area contributed by atoms with E-state index in [0.717, 1.165) is 6.42 Å². The Balaban J connectivity index is 3.52. The summed E-state index contributed by atoms with van der Waals surface area (Å²) in [6, 6.07) is 0. The second-order valence-electron chi connectivity index (χ2n) is 2.08. The maximum atomic E-state index is 10.7. The molecule has 0 rings (SSSR count). The number of carbonyl (C=O) groups is 1. The molecule has 0 spiro atoms. The van der Waals surface area contributed by atoms with Crippen molar-refractivity contribution in [3.05, 3.63) is 0 Å². The Morgan fingerprint density at radius 3 is 2.50 bits per heavy atom. The van der Waals surface area contributed by atoms with Crippen LogP contribution in [0.2, 0.25) is 0 Å². The third-order valence-electron chi connectivity index (χ3n) is 1.15. The Morgan fingerprint density at radius 1 is 1.50 bits per heavy atom. The number of ketones is 1. The monoisotopic (exact) mass is 142 g/mol. The van der Waals surface area contributed by atoms with Gasteiger partial charge >= 0.3 is 0 Å². The Bertz CT molecular complexity index is 132. The van der Waals surface area contributed by atoms with Gasteiger partial charge in [0.15, 0.2) is 11.6 Å². The first-order chi connectivity index (χ1) is 4.72. The summed E-state index contributed by atoms with van der Waals surface area (Å²) >= 11 is 0. The van der Waals surface area contributed by atoms with Crippen LogP contribution in [-0.4, -0.2) is 18.2 Å². The third kappa shape index (κ3) is 3.22. The first-order valence-electron chi connectivity index (χ1n) is 3.58. The van der Waals surface area contributed by atoms with Crippen molar-refractivity contribution < 1.29 is 4.79 Å². The van der Waals surface area contributed by atoms with Gasteiger partial charge in [-0.2, -0.15) is 0 Å². The van der Waals surface area contributed by atoms with E-state index in [-0.39, 0.29) is 11.6 Å². The summed E-state index contributed by atoms with van der Waals surface area (Å²) in [7, 11) is 0. The van der Waals surface area contributed by atoms with Crippen LogP contribution in [0.1, 0.15) is 26.7 Å².